The summed E-state index contributed by atoms with van der Waals surface area (Å²) in [5, 5.41) is -0.146. The van der Waals surface area contributed by atoms with Crippen molar-refractivity contribution in [1.82, 2.24) is 9.71 Å². The molecule has 4 rings (SSSR count). The number of ether oxygens (including phenoxy) is 1. The van der Waals surface area contributed by atoms with Crippen molar-refractivity contribution in [2.45, 2.75) is 18.0 Å². The monoisotopic (exact) mass is 434 g/mol. The molecular weight excluding hydrogens is 412 g/mol. The number of sulfonamides is 1. The molecule has 1 heterocycles. The summed E-state index contributed by atoms with van der Waals surface area (Å²) in [6.45, 7) is 1.77. The van der Waals surface area contributed by atoms with Crippen molar-refractivity contribution in [1.29, 1.82) is 0 Å². The van der Waals surface area contributed by atoms with Gasteiger partial charge in [-0.1, -0.05) is 60.7 Å². The lowest BCUT2D eigenvalue weighted by Crippen LogP contribution is -2.27. The number of nitrogens with zero attached hydrogens (tertiary/aromatic N) is 1. The fourth-order valence-electron chi connectivity index (χ4n) is 3.23. The number of rotatable bonds is 7. The van der Waals surface area contributed by atoms with Gasteiger partial charge in [0.15, 0.2) is 5.76 Å². The van der Waals surface area contributed by atoms with E-state index in [9.17, 15) is 8.42 Å². The van der Waals surface area contributed by atoms with Crippen LogP contribution in [0.3, 0.4) is 0 Å². The maximum absolute atomic E-state index is 13.3. The van der Waals surface area contributed by atoms with E-state index in [1.807, 2.05) is 66.7 Å². The van der Waals surface area contributed by atoms with E-state index < -0.39 is 16.1 Å². The predicted molar refractivity (Wildman–Crippen MR) is 119 cm³/mol. The SMILES string of the molecule is COc1cccc(C(C)NS(=O)(=O)c2nc(-c3ccccc3)oc2-c2ccccc2)c1. The molecule has 1 atom stereocenters. The molecule has 1 aromatic heterocycles. The van der Waals surface area contributed by atoms with Gasteiger partial charge in [-0.2, -0.15) is 4.98 Å². The van der Waals surface area contributed by atoms with Crippen molar-refractivity contribution in [3.05, 3.63) is 90.5 Å². The first-order chi connectivity index (χ1) is 15.0. The van der Waals surface area contributed by atoms with Gasteiger partial charge in [-0.3, -0.25) is 0 Å². The second-order valence-electron chi connectivity index (χ2n) is 7.00. The molecule has 0 amide bonds. The van der Waals surface area contributed by atoms with E-state index in [1.165, 1.54) is 0 Å². The minimum absolute atomic E-state index is 0.146. The highest BCUT2D eigenvalue weighted by Gasteiger charge is 2.29. The molecule has 31 heavy (non-hydrogen) atoms. The summed E-state index contributed by atoms with van der Waals surface area (Å²) in [5.74, 6) is 1.10. The Kier molecular flexibility index (Phi) is 5.88. The molecule has 1 N–H and O–H groups in total. The fourth-order valence-corrected chi connectivity index (χ4v) is 4.55. The lowest BCUT2D eigenvalue weighted by atomic mass is 10.1. The first kappa shape index (κ1) is 20.8. The summed E-state index contributed by atoms with van der Waals surface area (Å²) < 4.78 is 40.6. The third-order valence-electron chi connectivity index (χ3n) is 4.83. The number of aromatic nitrogens is 1. The van der Waals surface area contributed by atoms with E-state index in [4.69, 9.17) is 9.15 Å². The lowest BCUT2D eigenvalue weighted by molar-refractivity contribution is 0.413. The summed E-state index contributed by atoms with van der Waals surface area (Å²) in [6.07, 6.45) is 0. The Bertz CT molecular complexity index is 1270. The number of hydrogen-bond acceptors (Lipinski definition) is 5. The molecule has 0 spiro atoms. The highest BCUT2D eigenvalue weighted by Crippen LogP contribution is 2.33. The molecule has 0 aliphatic rings. The first-order valence-corrected chi connectivity index (χ1v) is 11.2. The Morgan fingerprint density at radius 1 is 0.903 bits per heavy atom. The largest absolute Gasteiger partial charge is 0.497 e. The Hall–Kier alpha value is -3.42. The number of hydrogen-bond donors (Lipinski definition) is 1. The normalized spacial score (nSPS) is 12.5. The molecule has 0 aliphatic heterocycles. The second-order valence-corrected chi connectivity index (χ2v) is 8.63. The Labute approximate surface area is 181 Å². The fraction of sp³-hybridized carbons (Fsp3) is 0.125. The van der Waals surface area contributed by atoms with Crippen molar-refractivity contribution in [2.24, 2.45) is 0 Å². The van der Waals surface area contributed by atoms with Crippen molar-refractivity contribution < 1.29 is 17.6 Å². The van der Waals surface area contributed by atoms with Crippen LogP contribution in [0.4, 0.5) is 0 Å². The van der Waals surface area contributed by atoms with E-state index in [1.54, 1.807) is 32.2 Å². The van der Waals surface area contributed by atoms with Crippen LogP contribution in [0.2, 0.25) is 0 Å². The number of methoxy groups -OCH3 is 1. The van der Waals surface area contributed by atoms with Crippen LogP contribution in [-0.2, 0) is 10.0 Å². The smallest absolute Gasteiger partial charge is 0.262 e. The van der Waals surface area contributed by atoms with Gasteiger partial charge < -0.3 is 9.15 Å². The molecule has 158 valence electrons. The van der Waals surface area contributed by atoms with E-state index in [-0.39, 0.29) is 16.7 Å². The molecule has 4 aromatic rings. The van der Waals surface area contributed by atoms with Gasteiger partial charge in [-0.05, 0) is 36.8 Å². The van der Waals surface area contributed by atoms with Crippen LogP contribution in [-0.4, -0.2) is 20.5 Å². The molecule has 6 nitrogen and oxygen atoms in total. The van der Waals surface area contributed by atoms with Gasteiger partial charge in [0.05, 0.1) is 7.11 Å². The van der Waals surface area contributed by atoms with E-state index in [0.29, 0.717) is 16.9 Å². The van der Waals surface area contributed by atoms with Gasteiger partial charge in [0.2, 0.25) is 10.9 Å². The van der Waals surface area contributed by atoms with Crippen LogP contribution in [0.25, 0.3) is 22.8 Å². The van der Waals surface area contributed by atoms with E-state index >= 15 is 0 Å². The van der Waals surface area contributed by atoms with E-state index in [0.717, 1.165) is 5.56 Å². The Morgan fingerprint density at radius 3 is 2.19 bits per heavy atom. The molecule has 0 fully saturated rings. The van der Waals surface area contributed by atoms with Gasteiger partial charge >= 0.3 is 0 Å². The zero-order valence-electron chi connectivity index (χ0n) is 17.1. The van der Waals surface area contributed by atoms with Gasteiger partial charge in [-0.25, -0.2) is 13.1 Å². The third-order valence-corrected chi connectivity index (χ3v) is 6.28. The van der Waals surface area contributed by atoms with E-state index in [2.05, 4.69) is 9.71 Å². The highest BCUT2D eigenvalue weighted by atomic mass is 32.2. The minimum atomic E-state index is -3.99. The molecule has 3 aromatic carbocycles. The van der Waals surface area contributed by atoms with Crippen molar-refractivity contribution in [3.8, 4) is 28.5 Å². The molecule has 0 radical (unpaired) electrons. The standard InChI is InChI=1S/C24H22N2O4S/c1-17(20-14-9-15-21(16-20)29-2)26-31(27,28)24-22(18-10-5-3-6-11-18)30-23(25-24)19-12-7-4-8-13-19/h3-17,26H,1-2H3. The topological polar surface area (TPSA) is 81.4 Å². The molecular formula is C24H22N2O4S. The summed E-state index contributed by atoms with van der Waals surface area (Å²) in [6, 6.07) is 25.1. The van der Waals surface area contributed by atoms with Crippen LogP contribution < -0.4 is 9.46 Å². The minimum Gasteiger partial charge on any atom is -0.497 e. The highest BCUT2D eigenvalue weighted by molar-refractivity contribution is 7.89. The number of benzene rings is 3. The lowest BCUT2D eigenvalue weighted by Gasteiger charge is -2.15. The van der Waals surface area contributed by atoms with Crippen LogP contribution >= 0.6 is 0 Å². The number of oxazole rings is 1. The van der Waals surface area contributed by atoms with Gasteiger partial charge in [0.1, 0.15) is 5.75 Å². The average Bonchev–Trinajstić information content (AvgIpc) is 3.27. The van der Waals surface area contributed by atoms with Gasteiger partial charge in [0.25, 0.3) is 10.0 Å². The molecule has 0 saturated carbocycles. The average molecular weight is 435 g/mol. The molecule has 0 aliphatic carbocycles. The first-order valence-electron chi connectivity index (χ1n) is 9.76. The summed E-state index contributed by atoms with van der Waals surface area (Å²) >= 11 is 0. The maximum Gasteiger partial charge on any atom is 0.262 e. The van der Waals surface area contributed by atoms with Gasteiger partial charge in [0, 0.05) is 17.2 Å². The second kappa shape index (κ2) is 8.75. The Morgan fingerprint density at radius 2 is 1.55 bits per heavy atom. The predicted octanol–water partition coefficient (Wildman–Crippen LogP) is 5.06. The van der Waals surface area contributed by atoms with Crippen molar-refractivity contribution >= 4 is 10.0 Å². The molecule has 0 saturated heterocycles. The quantitative estimate of drug-likeness (QED) is 0.440. The molecule has 1 unspecified atom stereocenters. The van der Waals surface area contributed by atoms with Crippen LogP contribution in [0.5, 0.6) is 5.75 Å². The summed E-state index contributed by atoms with van der Waals surface area (Å²) in [5.41, 5.74) is 2.10. The van der Waals surface area contributed by atoms with Crippen LogP contribution in [0, 0.1) is 0 Å². The number of nitrogens with one attached hydrogen (secondary N) is 1. The summed E-state index contributed by atoms with van der Waals surface area (Å²) in [4.78, 5) is 4.37. The van der Waals surface area contributed by atoms with Crippen molar-refractivity contribution in [3.63, 3.8) is 0 Å². The third kappa shape index (κ3) is 4.52. The van der Waals surface area contributed by atoms with Crippen LogP contribution in [0.15, 0.2) is 94.4 Å². The molecule has 0 bridgehead atoms. The summed E-state index contributed by atoms with van der Waals surface area (Å²) in [7, 11) is -2.42. The van der Waals surface area contributed by atoms with Gasteiger partial charge in [-0.15, -0.1) is 0 Å². The van der Waals surface area contributed by atoms with Crippen molar-refractivity contribution in [2.75, 3.05) is 7.11 Å². The maximum atomic E-state index is 13.3. The van der Waals surface area contributed by atoms with Crippen LogP contribution in [0.1, 0.15) is 18.5 Å². The Balaban J connectivity index is 1.75. The zero-order chi connectivity index (χ0) is 21.8. The zero-order valence-corrected chi connectivity index (χ0v) is 18.0. The molecule has 7 heteroatoms.